The van der Waals surface area contributed by atoms with Crippen LogP contribution in [0.1, 0.15) is 56.3 Å². The Balaban J connectivity index is 1.54. The summed E-state index contributed by atoms with van der Waals surface area (Å²) in [7, 11) is 1.84. The highest BCUT2D eigenvalue weighted by Crippen LogP contribution is 2.28. The second kappa shape index (κ2) is 9.58. The molecule has 0 radical (unpaired) electrons. The van der Waals surface area contributed by atoms with Gasteiger partial charge in [-0.25, -0.2) is 0 Å². The van der Waals surface area contributed by atoms with Crippen molar-refractivity contribution >= 4 is 5.96 Å². The fraction of sp³-hybridized carbons (Fsp3) is 0.778. The third-order valence-electron chi connectivity index (χ3n) is 4.72. The fourth-order valence-corrected chi connectivity index (χ4v) is 3.45. The Morgan fingerprint density at radius 2 is 1.91 bits per heavy atom. The van der Waals surface area contributed by atoms with E-state index in [1.165, 1.54) is 44.2 Å². The first-order valence-corrected chi connectivity index (χ1v) is 9.14. The zero-order valence-electron chi connectivity index (χ0n) is 15.1. The van der Waals surface area contributed by atoms with E-state index in [4.69, 9.17) is 0 Å². The summed E-state index contributed by atoms with van der Waals surface area (Å²) < 4.78 is 2.08. The van der Waals surface area contributed by atoms with Crippen LogP contribution in [0.2, 0.25) is 0 Å². The van der Waals surface area contributed by atoms with E-state index in [1.54, 1.807) is 0 Å². The van der Waals surface area contributed by atoms with Crippen LogP contribution < -0.4 is 10.6 Å². The monoisotopic (exact) mass is 319 g/mol. The average Bonchev–Trinajstić information content (AvgIpc) is 3.15. The maximum atomic E-state index is 4.49. The molecule has 0 aliphatic heterocycles. The number of hydrogen-bond donors (Lipinski definition) is 2. The molecule has 1 aromatic rings. The molecule has 1 heterocycles. The number of aromatic nitrogens is 2. The highest BCUT2D eigenvalue weighted by Gasteiger charge is 2.13. The summed E-state index contributed by atoms with van der Waals surface area (Å²) in [5.74, 6) is 1.90. The molecule has 0 atom stereocenters. The molecule has 1 fully saturated rings. The van der Waals surface area contributed by atoms with Crippen molar-refractivity contribution in [3.05, 3.63) is 17.5 Å². The summed E-state index contributed by atoms with van der Waals surface area (Å²) in [6.07, 6.45) is 9.43. The molecular formula is C18H33N5. The summed E-state index contributed by atoms with van der Waals surface area (Å²) in [5.41, 5.74) is 2.33. The summed E-state index contributed by atoms with van der Waals surface area (Å²) in [6, 6.07) is 2.12. The number of aliphatic imine (C=N–C) groups is 1. The molecule has 0 bridgehead atoms. The molecule has 0 saturated heterocycles. The molecule has 1 saturated carbocycles. The Kier molecular flexibility index (Phi) is 7.43. The van der Waals surface area contributed by atoms with Gasteiger partial charge in [-0.05, 0) is 45.1 Å². The van der Waals surface area contributed by atoms with Gasteiger partial charge in [0.2, 0.25) is 0 Å². The predicted octanol–water partition coefficient (Wildman–Crippen LogP) is 3.03. The number of aryl methyl sites for hydroxylation is 3. The van der Waals surface area contributed by atoms with Gasteiger partial charge in [0.1, 0.15) is 0 Å². The van der Waals surface area contributed by atoms with Crippen molar-refractivity contribution in [2.24, 2.45) is 10.9 Å². The van der Waals surface area contributed by atoms with Crippen LogP contribution in [0, 0.1) is 19.8 Å². The fourth-order valence-electron chi connectivity index (χ4n) is 3.45. The molecule has 23 heavy (non-hydrogen) atoms. The zero-order chi connectivity index (χ0) is 16.5. The molecule has 1 aliphatic carbocycles. The SMILES string of the molecule is CN=C(NCCCC1CCCC1)NCCCn1nc(C)cc1C. The lowest BCUT2D eigenvalue weighted by Crippen LogP contribution is -2.38. The number of nitrogens with one attached hydrogen (secondary N) is 2. The highest BCUT2D eigenvalue weighted by atomic mass is 15.3. The third-order valence-corrected chi connectivity index (χ3v) is 4.72. The minimum Gasteiger partial charge on any atom is -0.356 e. The average molecular weight is 319 g/mol. The summed E-state index contributed by atoms with van der Waals surface area (Å²) in [6.45, 7) is 7.04. The van der Waals surface area contributed by atoms with Gasteiger partial charge in [-0.1, -0.05) is 25.7 Å². The quantitative estimate of drug-likeness (QED) is 0.440. The van der Waals surface area contributed by atoms with Crippen LogP contribution in [0.4, 0.5) is 0 Å². The lowest BCUT2D eigenvalue weighted by Gasteiger charge is -2.13. The lowest BCUT2D eigenvalue weighted by atomic mass is 10.0. The van der Waals surface area contributed by atoms with E-state index in [0.29, 0.717) is 0 Å². The minimum absolute atomic E-state index is 0.917. The van der Waals surface area contributed by atoms with Gasteiger partial charge in [-0.3, -0.25) is 9.67 Å². The second-order valence-corrected chi connectivity index (χ2v) is 6.72. The van der Waals surface area contributed by atoms with Gasteiger partial charge in [0.15, 0.2) is 5.96 Å². The maximum absolute atomic E-state index is 4.49. The lowest BCUT2D eigenvalue weighted by molar-refractivity contribution is 0.481. The zero-order valence-corrected chi connectivity index (χ0v) is 15.1. The van der Waals surface area contributed by atoms with Crippen molar-refractivity contribution < 1.29 is 0 Å². The van der Waals surface area contributed by atoms with Crippen molar-refractivity contribution in [3.8, 4) is 0 Å². The molecule has 2 rings (SSSR count). The molecule has 0 amide bonds. The summed E-state index contributed by atoms with van der Waals surface area (Å²) in [4.78, 5) is 4.30. The maximum Gasteiger partial charge on any atom is 0.190 e. The van der Waals surface area contributed by atoms with Crippen LogP contribution in [0.3, 0.4) is 0 Å². The molecule has 5 heteroatoms. The highest BCUT2D eigenvalue weighted by molar-refractivity contribution is 5.79. The Morgan fingerprint density at radius 3 is 2.52 bits per heavy atom. The van der Waals surface area contributed by atoms with Gasteiger partial charge in [0, 0.05) is 32.4 Å². The molecule has 0 spiro atoms. The molecule has 130 valence electrons. The van der Waals surface area contributed by atoms with Crippen molar-refractivity contribution in [2.75, 3.05) is 20.1 Å². The number of nitrogens with zero attached hydrogens (tertiary/aromatic N) is 3. The van der Waals surface area contributed by atoms with Gasteiger partial charge in [0.25, 0.3) is 0 Å². The summed E-state index contributed by atoms with van der Waals surface area (Å²) >= 11 is 0. The van der Waals surface area contributed by atoms with Crippen molar-refractivity contribution in [3.63, 3.8) is 0 Å². The molecular weight excluding hydrogens is 286 g/mol. The standard InChI is InChI=1S/C18H33N5/c1-15-14-16(2)23(22-15)13-7-12-21-18(19-3)20-11-6-10-17-8-4-5-9-17/h14,17H,4-13H2,1-3H3,(H2,19,20,21). The van der Waals surface area contributed by atoms with Gasteiger partial charge in [-0.2, -0.15) is 5.10 Å². The molecule has 1 aliphatic rings. The van der Waals surface area contributed by atoms with Gasteiger partial charge < -0.3 is 10.6 Å². The van der Waals surface area contributed by atoms with Crippen LogP contribution in [-0.4, -0.2) is 35.9 Å². The Bertz CT molecular complexity index is 486. The molecule has 0 aromatic carbocycles. The molecule has 0 unspecified atom stereocenters. The van der Waals surface area contributed by atoms with Crippen LogP contribution >= 0.6 is 0 Å². The number of hydrogen-bond acceptors (Lipinski definition) is 2. The van der Waals surface area contributed by atoms with Gasteiger partial charge in [-0.15, -0.1) is 0 Å². The van der Waals surface area contributed by atoms with E-state index < -0.39 is 0 Å². The normalized spacial score (nSPS) is 16.0. The van der Waals surface area contributed by atoms with E-state index in [1.807, 2.05) is 14.0 Å². The van der Waals surface area contributed by atoms with Gasteiger partial charge >= 0.3 is 0 Å². The van der Waals surface area contributed by atoms with Crippen LogP contribution in [0.5, 0.6) is 0 Å². The summed E-state index contributed by atoms with van der Waals surface area (Å²) in [5, 5.41) is 11.3. The molecule has 1 aromatic heterocycles. The van der Waals surface area contributed by atoms with Gasteiger partial charge in [0.05, 0.1) is 5.69 Å². The Morgan fingerprint density at radius 1 is 1.22 bits per heavy atom. The smallest absolute Gasteiger partial charge is 0.190 e. The topological polar surface area (TPSA) is 54.2 Å². The first kappa shape index (κ1) is 17.8. The third kappa shape index (κ3) is 6.24. The van der Waals surface area contributed by atoms with Crippen LogP contribution in [-0.2, 0) is 6.54 Å². The van der Waals surface area contributed by atoms with E-state index in [0.717, 1.165) is 43.6 Å². The largest absolute Gasteiger partial charge is 0.356 e. The number of guanidine groups is 1. The molecule has 5 nitrogen and oxygen atoms in total. The second-order valence-electron chi connectivity index (χ2n) is 6.72. The minimum atomic E-state index is 0.917. The van der Waals surface area contributed by atoms with Crippen molar-refractivity contribution in [1.82, 2.24) is 20.4 Å². The Labute approximate surface area is 141 Å². The van der Waals surface area contributed by atoms with E-state index >= 15 is 0 Å². The predicted molar refractivity (Wildman–Crippen MR) is 96.9 cm³/mol. The van der Waals surface area contributed by atoms with E-state index in [2.05, 4.69) is 38.4 Å². The number of rotatable bonds is 8. The molecule has 2 N–H and O–H groups in total. The first-order valence-electron chi connectivity index (χ1n) is 9.14. The van der Waals surface area contributed by atoms with Crippen LogP contribution in [0.25, 0.3) is 0 Å². The van der Waals surface area contributed by atoms with Crippen molar-refractivity contribution in [2.45, 2.75) is 65.3 Å². The first-order chi connectivity index (χ1) is 11.2. The van der Waals surface area contributed by atoms with Crippen LogP contribution in [0.15, 0.2) is 11.1 Å². The van der Waals surface area contributed by atoms with E-state index in [-0.39, 0.29) is 0 Å². The van der Waals surface area contributed by atoms with Crippen molar-refractivity contribution in [1.29, 1.82) is 0 Å². The van der Waals surface area contributed by atoms with E-state index in [9.17, 15) is 0 Å². The Hall–Kier alpha value is -1.52.